The molecule has 2 aromatic carbocycles. The number of nitrogens with zero attached hydrogens (tertiary/aromatic N) is 2. The zero-order chi connectivity index (χ0) is 28.8. The summed E-state index contributed by atoms with van der Waals surface area (Å²) in [4.78, 5) is 28.8. The number of rotatable bonds is 3. The highest BCUT2D eigenvalue weighted by Crippen LogP contribution is 2.35. The van der Waals surface area contributed by atoms with Crippen LogP contribution in [0, 0.1) is 0 Å². The first kappa shape index (κ1) is 25.1. The van der Waals surface area contributed by atoms with Crippen molar-refractivity contribution in [1.82, 2.24) is 19.9 Å². The van der Waals surface area contributed by atoms with Crippen molar-refractivity contribution in [2.24, 2.45) is 0 Å². The molecule has 0 spiro atoms. The second-order valence-electron chi connectivity index (χ2n) is 10.0. The molecule has 4 N–H and O–H groups in total. The van der Waals surface area contributed by atoms with Crippen LogP contribution in [0.4, 0.5) is 0 Å². The van der Waals surface area contributed by atoms with E-state index in [0.29, 0.717) is 16.8 Å². The molecule has 3 aromatic heterocycles. The minimum absolute atomic E-state index is 0.0410. The van der Waals surface area contributed by atoms with E-state index in [9.17, 15) is 15.0 Å². The third-order valence-corrected chi connectivity index (χ3v) is 7.18. The van der Waals surface area contributed by atoms with Gasteiger partial charge in [-0.3, -0.25) is 0 Å². The van der Waals surface area contributed by atoms with Gasteiger partial charge in [0.2, 0.25) is 0 Å². The summed E-state index contributed by atoms with van der Waals surface area (Å²) in [6, 6.07) is 23.6. The number of benzene rings is 2. The van der Waals surface area contributed by atoms with Crippen molar-refractivity contribution in [3.63, 3.8) is 0 Å². The van der Waals surface area contributed by atoms with Crippen LogP contribution in [0.15, 0.2) is 78.9 Å². The van der Waals surface area contributed by atoms with E-state index in [1.807, 2.05) is 72.8 Å². The highest BCUT2D eigenvalue weighted by atomic mass is 16.5. The highest BCUT2D eigenvalue weighted by Gasteiger charge is 2.15. The number of esters is 1. The van der Waals surface area contributed by atoms with Gasteiger partial charge in [0.05, 0.1) is 35.4 Å². The summed E-state index contributed by atoms with van der Waals surface area (Å²) in [7, 11) is 1.36. The summed E-state index contributed by atoms with van der Waals surface area (Å²) < 4.78 is 4.86. The van der Waals surface area contributed by atoms with Gasteiger partial charge in [-0.1, -0.05) is 12.1 Å². The number of phenols is 2. The van der Waals surface area contributed by atoms with E-state index >= 15 is 0 Å². The van der Waals surface area contributed by atoms with Gasteiger partial charge in [0.1, 0.15) is 11.5 Å². The lowest BCUT2D eigenvalue weighted by atomic mass is 10.0. The molecular weight excluding hydrogens is 528 g/mol. The molecule has 8 nitrogen and oxygen atoms in total. The molecule has 0 saturated heterocycles. The summed E-state index contributed by atoms with van der Waals surface area (Å²) in [6.45, 7) is 0. The normalized spacial score (nSPS) is 12.0. The second-order valence-corrected chi connectivity index (χ2v) is 10.0. The highest BCUT2D eigenvalue weighted by molar-refractivity contribution is 5.95. The standard InChI is InChI=1S/C34H24N4O4/c1-42-34(41)20-4-2-19(3-5-20)32-28-10-6-22(35-28)16-24-8-12-30(37-24)33(21-14-26(39)18-27(40)15-21)31-13-9-25(38-31)17-23-7-11-29(32)36-23/h2-18,35,38-40H,1H3. The van der Waals surface area contributed by atoms with Crippen LogP contribution in [0.1, 0.15) is 33.1 Å². The number of carbonyl (C=O) groups excluding carboxylic acids is 1. The lowest BCUT2D eigenvalue weighted by molar-refractivity contribution is 0.0600. The number of carbonyl (C=O) groups is 1. The topological polar surface area (TPSA) is 124 Å². The Balaban J connectivity index is 1.51. The predicted molar refractivity (Wildman–Crippen MR) is 164 cm³/mol. The number of aromatic nitrogens is 4. The Bertz CT molecular complexity index is 2100. The van der Waals surface area contributed by atoms with E-state index in [1.165, 1.54) is 13.2 Å². The number of hydrogen-bond donors (Lipinski definition) is 4. The molecule has 0 amide bonds. The van der Waals surface area contributed by atoms with Gasteiger partial charge in [0.25, 0.3) is 0 Å². The Morgan fingerprint density at radius 2 is 1.17 bits per heavy atom. The lowest BCUT2D eigenvalue weighted by Crippen LogP contribution is -2.00. The minimum Gasteiger partial charge on any atom is -0.508 e. The van der Waals surface area contributed by atoms with Crippen LogP contribution < -0.4 is 0 Å². The van der Waals surface area contributed by atoms with Crippen LogP contribution in [-0.4, -0.2) is 43.2 Å². The molecule has 5 heterocycles. The first-order valence-corrected chi connectivity index (χ1v) is 13.3. The van der Waals surface area contributed by atoms with Crippen LogP contribution in [0.2, 0.25) is 0 Å². The maximum atomic E-state index is 12.0. The van der Waals surface area contributed by atoms with Crippen molar-refractivity contribution in [2.45, 2.75) is 0 Å². The summed E-state index contributed by atoms with van der Waals surface area (Å²) >= 11 is 0. The molecule has 0 radical (unpaired) electrons. The summed E-state index contributed by atoms with van der Waals surface area (Å²) in [5.41, 5.74) is 9.89. The van der Waals surface area contributed by atoms with Crippen molar-refractivity contribution in [3.8, 4) is 33.8 Å². The number of ether oxygens (including phenoxy) is 1. The quantitative estimate of drug-likeness (QED) is 0.172. The van der Waals surface area contributed by atoms with E-state index < -0.39 is 5.97 Å². The zero-order valence-corrected chi connectivity index (χ0v) is 22.4. The Kier molecular flexibility index (Phi) is 5.94. The molecule has 0 saturated carbocycles. The molecule has 204 valence electrons. The molecule has 42 heavy (non-hydrogen) atoms. The van der Waals surface area contributed by atoms with Gasteiger partial charge in [0, 0.05) is 39.3 Å². The number of methoxy groups -OCH3 is 1. The van der Waals surface area contributed by atoms with Crippen molar-refractivity contribution in [3.05, 3.63) is 107 Å². The van der Waals surface area contributed by atoms with Crippen LogP contribution in [0.5, 0.6) is 11.5 Å². The molecule has 0 unspecified atom stereocenters. The number of aromatic hydroxyl groups is 2. The monoisotopic (exact) mass is 552 g/mol. The smallest absolute Gasteiger partial charge is 0.337 e. The first-order valence-electron chi connectivity index (χ1n) is 13.3. The average molecular weight is 553 g/mol. The predicted octanol–water partition coefficient (Wildman–Crippen LogP) is 7.19. The van der Waals surface area contributed by atoms with Gasteiger partial charge >= 0.3 is 5.97 Å². The second kappa shape index (κ2) is 9.94. The fourth-order valence-electron chi connectivity index (χ4n) is 5.31. The molecular formula is C34H24N4O4. The summed E-state index contributed by atoms with van der Waals surface area (Å²) in [6.07, 6.45) is 7.77. The fraction of sp³-hybridized carbons (Fsp3) is 0.0294. The number of H-pyrrole nitrogens is 2. The zero-order valence-electron chi connectivity index (χ0n) is 22.4. The molecule has 0 atom stereocenters. The van der Waals surface area contributed by atoms with Crippen molar-refractivity contribution in [2.75, 3.05) is 7.11 Å². The van der Waals surface area contributed by atoms with Crippen LogP contribution in [0.3, 0.4) is 0 Å². The van der Waals surface area contributed by atoms with Gasteiger partial charge in [-0.2, -0.15) is 0 Å². The molecule has 0 aliphatic carbocycles. The summed E-state index contributed by atoms with van der Waals surface area (Å²) in [5.74, 6) is -0.473. The Labute approximate surface area is 240 Å². The van der Waals surface area contributed by atoms with E-state index in [-0.39, 0.29) is 11.5 Å². The van der Waals surface area contributed by atoms with Crippen molar-refractivity contribution < 1.29 is 19.7 Å². The Morgan fingerprint density at radius 1 is 0.643 bits per heavy atom. The molecule has 2 aliphatic rings. The molecule has 8 bridgehead atoms. The lowest BCUT2D eigenvalue weighted by Gasteiger charge is -2.06. The number of aromatic amines is 2. The fourth-order valence-corrected chi connectivity index (χ4v) is 5.31. The molecule has 5 aromatic rings. The number of nitrogens with one attached hydrogen (secondary N) is 2. The van der Waals surface area contributed by atoms with Gasteiger partial charge in [-0.05, 0) is 96.1 Å². The van der Waals surface area contributed by atoms with E-state index in [2.05, 4.69) is 9.97 Å². The average Bonchev–Trinajstić information content (AvgIpc) is 3.79. The number of hydrogen-bond acceptors (Lipinski definition) is 6. The molecule has 7 rings (SSSR count). The molecule has 0 fully saturated rings. The van der Waals surface area contributed by atoms with E-state index in [1.54, 1.807) is 24.3 Å². The third kappa shape index (κ3) is 4.61. The van der Waals surface area contributed by atoms with Crippen LogP contribution in [-0.2, 0) is 4.74 Å². The van der Waals surface area contributed by atoms with Crippen LogP contribution >= 0.6 is 0 Å². The molecule has 8 heteroatoms. The minimum atomic E-state index is -0.391. The third-order valence-electron chi connectivity index (χ3n) is 7.18. The molecule has 2 aliphatic heterocycles. The van der Waals surface area contributed by atoms with Crippen molar-refractivity contribution in [1.29, 1.82) is 0 Å². The Hall–Kier alpha value is -5.89. The Morgan fingerprint density at radius 3 is 1.69 bits per heavy atom. The summed E-state index contributed by atoms with van der Waals surface area (Å²) in [5, 5.41) is 20.4. The first-order chi connectivity index (χ1) is 20.4. The SMILES string of the molecule is COC(=O)c1ccc(-c2c3nc(cc4ccc([nH]4)c(-c4cc(O)cc(O)c4)c4nc(cc5ccc2[nH]5)C=C4)C=C3)cc1. The largest absolute Gasteiger partial charge is 0.508 e. The maximum Gasteiger partial charge on any atom is 0.337 e. The number of phenolic OH excluding ortho intramolecular Hbond substituents is 2. The van der Waals surface area contributed by atoms with Gasteiger partial charge < -0.3 is 24.9 Å². The van der Waals surface area contributed by atoms with E-state index in [4.69, 9.17) is 14.7 Å². The van der Waals surface area contributed by atoms with Crippen molar-refractivity contribution >= 4 is 52.3 Å². The maximum absolute atomic E-state index is 12.0. The van der Waals surface area contributed by atoms with Gasteiger partial charge in [-0.25, -0.2) is 14.8 Å². The van der Waals surface area contributed by atoms with E-state index in [0.717, 1.165) is 55.8 Å². The number of fused-ring (bicyclic) bond motifs is 8. The van der Waals surface area contributed by atoms with Gasteiger partial charge in [-0.15, -0.1) is 0 Å². The van der Waals surface area contributed by atoms with Crippen LogP contribution in [0.25, 0.3) is 68.6 Å². The van der Waals surface area contributed by atoms with Gasteiger partial charge in [0.15, 0.2) is 0 Å².